The molecule has 0 heterocycles. The first kappa shape index (κ1) is 18.5. The van der Waals surface area contributed by atoms with Gasteiger partial charge in [0.15, 0.2) is 0 Å². The van der Waals surface area contributed by atoms with Crippen LogP contribution in [0.25, 0.3) is 0 Å². The predicted octanol–water partition coefficient (Wildman–Crippen LogP) is 3.97. The summed E-state index contributed by atoms with van der Waals surface area (Å²) in [6, 6.07) is 6.02. The molecule has 0 aliphatic carbocycles. The third-order valence-electron chi connectivity index (χ3n) is 3.31. The smallest absolute Gasteiger partial charge is 0.328 e. The van der Waals surface area contributed by atoms with Crippen LogP contribution in [0.5, 0.6) is 0 Å². The zero-order chi connectivity index (χ0) is 16.4. The Bertz CT molecular complexity index is 491. The van der Waals surface area contributed by atoms with Crippen LogP contribution < -0.4 is 5.32 Å². The molecule has 1 rings (SSSR count). The van der Waals surface area contributed by atoms with Gasteiger partial charge in [0.25, 0.3) is 5.91 Å². The summed E-state index contributed by atoms with van der Waals surface area (Å²) in [4.78, 5) is 23.8. The number of benzene rings is 1. The van der Waals surface area contributed by atoms with Crippen LogP contribution in [-0.4, -0.2) is 24.5 Å². The van der Waals surface area contributed by atoms with Gasteiger partial charge in [0.05, 0.1) is 17.2 Å². The first-order valence-corrected chi connectivity index (χ1v) is 8.16. The van der Waals surface area contributed by atoms with Gasteiger partial charge in [-0.2, -0.15) is 0 Å². The quantitative estimate of drug-likeness (QED) is 0.552. The molecule has 22 heavy (non-hydrogen) atoms. The zero-order valence-electron chi connectivity index (χ0n) is 13.2. The van der Waals surface area contributed by atoms with Gasteiger partial charge in [0, 0.05) is 0 Å². The van der Waals surface area contributed by atoms with Gasteiger partial charge in [0.1, 0.15) is 6.04 Å². The van der Waals surface area contributed by atoms with Crippen molar-refractivity contribution in [1.29, 1.82) is 0 Å². The van der Waals surface area contributed by atoms with Crippen LogP contribution in [0.3, 0.4) is 0 Å². The maximum atomic E-state index is 12.0. The highest BCUT2D eigenvalue weighted by atomic mass is 35.5. The molecule has 1 aromatic carbocycles. The number of carbonyl (C=O) groups is 2. The van der Waals surface area contributed by atoms with E-state index in [0.29, 0.717) is 17.2 Å². The van der Waals surface area contributed by atoms with E-state index in [1.54, 1.807) is 31.2 Å². The highest BCUT2D eigenvalue weighted by molar-refractivity contribution is 6.33. The summed E-state index contributed by atoms with van der Waals surface area (Å²) in [5, 5.41) is 2.96. The van der Waals surface area contributed by atoms with Gasteiger partial charge in [0.2, 0.25) is 0 Å². The molecule has 0 radical (unpaired) electrons. The van der Waals surface area contributed by atoms with Gasteiger partial charge < -0.3 is 10.1 Å². The normalized spacial score (nSPS) is 11.8. The molecule has 0 saturated heterocycles. The maximum absolute atomic E-state index is 12.0. The summed E-state index contributed by atoms with van der Waals surface area (Å²) < 4.78 is 5.16. The molecule has 5 heteroatoms. The fourth-order valence-electron chi connectivity index (χ4n) is 1.98. The number of carbonyl (C=O) groups excluding carboxylic acids is 2. The van der Waals surface area contributed by atoms with Crippen molar-refractivity contribution in [3.63, 3.8) is 0 Å². The summed E-state index contributed by atoms with van der Waals surface area (Å²) in [6.45, 7) is 4.16. The van der Waals surface area contributed by atoms with Gasteiger partial charge in [-0.05, 0) is 25.5 Å². The number of amides is 1. The molecule has 1 unspecified atom stereocenters. The van der Waals surface area contributed by atoms with E-state index in [1.807, 2.05) is 0 Å². The number of rotatable bonds is 9. The summed E-state index contributed by atoms with van der Waals surface area (Å²) in [5.41, 5.74) is 0.350. The Kier molecular flexibility index (Phi) is 8.60. The third kappa shape index (κ3) is 6.48. The van der Waals surface area contributed by atoms with E-state index in [2.05, 4.69) is 12.2 Å². The SMILES string of the molecule is CCCCCCCOC(=O)C(C)NC(=O)c1ccccc1Cl. The minimum Gasteiger partial charge on any atom is -0.464 e. The lowest BCUT2D eigenvalue weighted by Gasteiger charge is -2.14. The minimum absolute atomic E-state index is 0.350. The van der Waals surface area contributed by atoms with Crippen LogP contribution in [0.4, 0.5) is 0 Å². The summed E-state index contributed by atoms with van der Waals surface area (Å²) >= 11 is 5.95. The van der Waals surface area contributed by atoms with Crippen molar-refractivity contribution in [2.75, 3.05) is 6.61 Å². The molecule has 0 aliphatic heterocycles. The molecule has 0 spiro atoms. The highest BCUT2D eigenvalue weighted by Crippen LogP contribution is 2.14. The average molecular weight is 326 g/mol. The van der Waals surface area contributed by atoms with Crippen molar-refractivity contribution in [1.82, 2.24) is 5.32 Å². The van der Waals surface area contributed by atoms with Crippen molar-refractivity contribution in [3.05, 3.63) is 34.9 Å². The number of hydrogen-bond acceptors (Lipinski definition) is 3. The monoisotopic (exact) mass is 325 g/mol. The van der Waals surface area contributed by atoms with Gasteiger partial charge in [-0.3, -0.25) is 4.79 Å². The van der Waals surface area contributed by atoms with Gasteiger partial charge in [-0.1, -0.05) is 56.3 Å². The Balaban J connectivity index is 2.32. The van der Waals surface area contributed by atoms with E-state index in [4.69, 9.17) is 16.3 Å². The minimum atomic E-state index is -0.695. The Morgan fingerprint density at radius 1 is 1.18 bits per heavy atom. The Hall–Kier alpha value is -1.55. The topological polar surface area (TPSA) is 55.4 Å². The van der Waals surface area contributed by atoms with Crippen LogP contribution >= 0.6 is 11.6 Å². The number of hydrogen-bond donors (Lipinski definition) is 1. The van der Waals surface area contributed by atoms with E-state index >= 15 is 0 Å². The fraction of sp³-hybridized carbons (Fsp3) is 0.529. The largest absolute Gasteiger partial charge is 0.464 e. The standard InChI is InChI=1S/C17H24ClNO3/c1-3-4-5-6-9-12-22-17(21)13(2)19-16(20)14-10-7-8-11-15(14)18/h7-8,10-11,13H,3-6,9,12H2,1-2H3,(H,19,20). The predicted molar refractivity (Wildman–Crippen MR) is 88.1 cm³/mol. The molecular weight excluding hydrogens is 302 g/mol. The summed E-state index contributed by atoms with van der Waals surface area (Å²) in [6.07, 6.45) is 5.47. The second-order valence-corrected chi connectivity index (χ2v) is 5.66. The number of esters is 1. The van der Waals surface area contributed by atoms with Crippen molar-refractivity contribution in [2.24, 2.45) is 0 Å². The van der Waals surface area contributed by atoms with Crippen molar-refractivity contribution in [2.45, 2.75) is 52.0 Å². The first-order valence-electron chi connectivity index (χ1n) is 7.78. The fourth-order valence-corrected chi connectivity index (χ4v) is 2.20. The van der Waals surface area contributed by atoms with E-state index in [1.165, 1.54) is 12.8 Å². The molecule has 0 bridgehead atoms. The number of unbranched alkanes of at least 4 members (excludes halogenated alkanes) is 4. The van der Waals surface area contributed by atoms with Crippen LogP contribution in [-0.2, 0) is 9.53 Å². The lowest BCUT2D eigenvalue weighted by atomic mass is 10.2. The average Bonchev–Trinajstić information content (AvgIpc) is 2.50. The van der Waals surface area contributed by atoms with E-state index < -0.39 is 12.0 Å². The third-order valence-corrected chi connectivity index (χ3v) is 3.64. The molecule has 1 amide bonds. The highest BCUT2D eigenvalue weighted by Gasteiger charge is 2.19. The van der Waals surface area contributed by atoms with Crippen molar-refractivity contribution < 1.29 is 14.3 Å². The van der Waals surface area contributed by atoms with Gasteiger partial charge in [-0.25, -0.2) is 4.79 Å². The second kappa shape index (κ2) is 10.2. The van der Waals surface area contributed by atoms with Crippen molar-refractivity contribution in [3.8, 4) is 0 Å². The lowest BCUT2D eigenvalue weighted by molar-refractivity contribution is -0.145. The van der Waals surface area contributed by atoms with Crippen LogP contribution in [0.2, 0.25) is 5.02 Å². The first-order chi connectivity index (χ1) is 10.6. The Morgan fingerprint density at radius 3 is 2.55 bits per heavy atom. The number of ether oxygens (including phenoxy) is 1. The second-order valence-electron chi connectivity index (χ2n) is 5.26. The molecule has 1 atom stereocenters. The zero-order valence-corrected chi connectivity index (χ0v) is 14.0. The number of nitrogens with one attached hydrogen (secondary N) is 1. The van der Waals surface area contributed by atoms with Crippen LogP contribution in [0.15, 0.2) is 24.3 Å². The molecule has 0 fully saturated rings. The molecule has 122 valence electrons. The van der Waals surface area contributed by atoms with E-state index in [9.17, 15) is 9.59 Å². The van der Waals surface area contributed by atoms with Crippen LogP contribution in [0, 0.1) is 0 Å². The summed E-state index contributed by atoms with van der Waals surface area (Å²) in [7, 11) is 0. The molecule has 4 nitrogen and oxygen atoms in total. The summed E-state index contributed by atoms with van der Waals surface area (Å²) in [5.74, 6) is -0.797. The Morgan fingerprint density at radius 2 is 1.86 bits per heavy atom. The molecule has 1 N–H and O–H groups in total. The van der Waals surface area contributed by atoms with Crippen molar-refractivity contribution >= 4 is 23.5 Å². The molecular formula is C17H24ClNO3. The molecule has 1 aromatic rings. The maximum Gasteiger partial charge on any atom is 0.328 e. The number of halogens is 1. The molecule has 0 aliphatic rings. The molecule has 0 aromatic heterocycles. The van der Waals surface area contributed by atoms with Gasteiger partial charge >= 0.3 is 5.97 Å². The van der Waals surface area contributed by atoms with E-state index in [-0.39, 0.29) is 5.91 Å². The van der Waals surface area contributed by atoms with Crippen LogP contribution in [0.1, 0.15) is 56.3 Å². The molecule has 0 saturated carbocycles. The van der Waals surface area contributed by atoms with E-state index in [0.717, 1.165) is 19.3 Å². The Labute approximate surface area is 137 Å². The van der Waals surface area contributed by atoms with Gasteiger partial charge in [-0.15, -0.1) is 0 Å². The lowest BCUT2D eigenvalue weighted by Crippen LogP contribution is -2.39.